The number of halogens is 1. The largest absolute Gasteiger partial charge is 0.376 e. The van der Waals surface area contributed by atoms with Crippen LogP contribution in [0.5, 0.6) is 0 Å². The van der Waals surface area contributed by atoms with E-state index in [2.05, 4.69) is 44.3 Å². The molecule has 0 saturated heterocycles. The van der Waals surface area contributed by atoms with Crippen molar-refractivity contribution in [3.8, 4) is 0 Å². The summed E-state index contributed by atoms with van der Waals surface area (Å²) in [4.78, 5) is 0. The molecule has 0 aromatic heterocycles. The van der Waals surface area contributed by atoms with E-state index in [0.717, 1.165) is 19.5 Å². The molecule has 2 nitrogen and oxygen atoms in total. The van der Waals surface area contributed by atoms with Crippen molar-refractivity contribution in [3.63, 3.8) is 0 Å². The lowest BCUT2D eigenvalue weighted by molar-refractivity contribution is 0.104. The highest BCUT2D eigenvalue weighted by atomic mass is 19.1. The highest BCUT2D eigenvalue weighted by Gasteiger charge is 2.16. The van der Waals surface area contributed by atoms with Crippen LogP contribution in [0, 0.1) is 19.7 Å². The molecule has 0 fully saturated rings. The van der Waals surface area contributed by atoms with Gasteiger partial charge in [0.2, 0.25) is 0 Å². The molecule has 0 heterocycles. The number of hydrogen-bond acceptors (Lipinski definition) is 2. The van der Waals surface area contributed by atoms with Crippen molar-refractivity contribution in [2.45, 2.75) is 39.7 Å². The number of nitrogens with one attached hydrogen (secondary N) is 1. The maximum absolute atomic E-state index is 13.7. The zero-order chi connectivity index (χ0) is 17.4. The molecule has 0 radical (unpaired) electrons. The lowest BCUT2D eigenvalue weighted by Gasteiger charge is -2.22. The maximum Gasteiger partial charge on any atom is 0.128 e. The van der Waals surface area contributed by atoms with Crippen LogP contribution in [0.25, 0.3) is 0 Å². The van der Waals surface area contributed by atoms with Crippen LogP contribution in [0.2, 0.25) is 0 Å². The van der Waals surface area contributed by atoms with Crippen molar-refractivity contribution in [3.05, 3.63) is 70.5 Å². The normalized spacial score (nSPS) is 12.3. The monoisotopic (exact) mass is 329 g/mol. The van der Waals surface area contributed by atoms with E-state index in [1.54, 1.807) is 12.1 Å². The number of benzene rings is 2. The standard InChI is InChI=1S/C21H28FNO/c1-4-12-23-13-19(21-16(2)8-7-9-17(21)3)15-24-14-18-10-5-6-11-20(18)22/h5-11,19,23H,4,12-15H2,1-3H3. The third-order valence-electron chi connectivity index (χ3n) is 4.30. The van der Waals surface area contributed by atoms with E-state index in [1.807, 2.05) is 6.07 Å². The van der Waals surface area contributed by atoms with Gasteiger partial charge in [-0.05, 0) is 49.6 Å². The zero-order valence-electron chi connectivity index (χ0n) is 14.9. The molecule has 2 rings (SSSR count). The van der Waals surface area contributed by atoms with Gasteiger partial charge in [0.05, 0.1) is 13.2 Å². The molecule has 24 heavy (non-hydrogen) atoms. The lowest BCUT2D eigenvalue weighted by Crippen LogP contribution is -2.26. The zero-order valence-corrected chi connectivity index (χ0v) is 14.9. The van der Waals surface area contributed by atoms with E-state index in [0.29, 0.717) is 18.8 Å². The van der Waals surface area contributed by atoms with Crippen LogP contribution in [0.3, 0.4) is 0 Å². The van der Waals surface area contributed by atoms with Crippen LogP contribution in [0.1, 0.15) is 41.5 Å². The third kappa shape index (κ3) is 5.15. The molecule has 1 N–H and O–H groups in total. The second-order valence-electron chi connectivity index (χ2n) is 6.31. The highest BCUT2D eigenvalue weighted by Crippen LogP contribution is 2.24. The molecule has 130 valence electrons. The second kappa shape index (κ2) is 9.55. The van der Waals surface area contributed by atoms with Crippen LogP contribution < -0.4 is 5.32 Å². The molecule has 0 aliphatic heterocycles. The molecule has 0 aliphatic carbocycles. The van der Waals surface area contributed by atoms with Gasteiger partial charge in [-0.3, -0.25) is 0 Å². The molecule has 0 bridgehead atoms. The SMILES string of the molecule is CCCNCC(COCc1ccccc1F)c1c(C)cccc1C. The minimum Gasteiger partial charge on any atom is -0.376 e. The first kappa shape index (κ1) is 18.6. The summed E-state index contributed by atoms with van der Waals surface area (Å²) in [7, 11) is 0. The number of hydrogen-bond donors (Lipinski definition) is 1. The van der Waals surface area contributed by atoms with E-state index in [-0.39, 0.29) is 11.7 Å². The Morgan fingerprint density at radius 2 is 1.75 bits per heavy atom. The Balaban J connectivity index is 2.05. The Morgan fingerprint density at radius 1 is 1.04 bits per heavy atom. The molecule has 0 aliphatic rings. The number of ether oxygens (including phenoxy) is 1. The Bertz CT molecular complexity index is 621. The Kier molecular flexibility index (Phi) is 7.41. The minimum absolute atomic E-state index is 0.203. The summed E-state index contributed by atoms with van der Waals surface area (Å²) >= 11 is 0. The van der Waals surface area contributed by atoms with Gasteiger partial charge in [0, 0.05) is 18.0 Å². The third-order valence-corrected chi connectivity index (χ3v) is 4.30. The average Bonchev–Trinajstić information content (AvgIpc) is 2.56. The van der Waals surface area contributed by atoms with Gasteiger partial charge in [0.1, 0.15) is 5.82 Å². The summed E-state index contributed by atoms with van der Waals surface area (Å²) in [6, 6.07) is 13.2. The predicted octanol–water partition coefficient (Wildman–Crippen LogP) is 4.74. The smallest absolute Gasteiger partial charge is 0.128 e. The van der Waals surface area contributed by atoms with E-state index in [9.17, 15) is 4.39 Å². The fourth-order valence-electron chi connectivity index (χ4n) is 3.10. The molecule has 0 saturated carbocycles. The van der Waals surface area contributed by atoms with Crippen LogP contribution >= 0.6 is 0 Å². The summed E-state index contributed by atoms with van der Waals surface area (Å²) in [5.74, 6) is 0.0646. The van der Waals surface area contributed by atoms with Gasteiger partial charge in [-0.2, -0.15) is 0 Å². The first-order valence-electron chi connectivity index (χ1n) is 8.71. The van der Waals surface area contributed by atoms with Gasteiger partial charge < -0.3 is 10.1 Å². The fourth-order valence-corrected chi connectivity index (χ4v) is 3.10. The van der Waals surface area contributed by atoms with Gasteiger partial charge in [0.15, 0.2) is 0 Å². The van der Waals surface area contributed by atoms with Crippen LogP contribution in [0.4, 0.5) is 4.39 Å². The van der Waals surface area contributed by atoms with Gasteiger partial charge in [-0.15, -0.1) is 0 Å². The van der Waals surface area contributed by atoms with Crippen molar-refractivity contribution in [1.82, 2.24) is 5.32 Å². The Morgan fingerprint density at radius 3 is 2.42 bits per heavy atom. The van der Waals surface area contributed by atoms with Gasteiger partial charge in [-0.1, -0.05) is 43.3 Å². The maximum atomic E-state index is 13.7. The van der Waals surface area contributed by atoms with Crippen molar-refractivity contribution in [2.75, 3.05) is 19.7 Å². The summed E-state index contributed by atoms with van der Waals surface area (Å²) in [6.07, 6.45) is 1.11. The van der Waals surface area contributed by atoms with Gasteiger partial charge >= 0.3 is 0 Å². The van der Waals surface area contributed by atoms with Gasteiger partial charge in [0.25, 0.3) is 0 Å². The van der Waals surface area contributed by atoms with Crippen LogP contribution in [0.15, 0.2) is 42.5 Å². The quantitative estimate of drug-likeness (QED) is 0.671. The second-order valence-corrected chi connectivity index (χ2v) is 6.31. The summed E-state index contributed by atoms with van der Waals surface area (Å²) in [6.45, 7) is 9.21. The van der Waals surface area contributed by atoms with Crippen molar-refractivity contribution in [1.29, 1.82) is 0 Å². The highest BCUT2D eigenvalue weighted by molar-refractivity contribution is 5.37. The van der Waals surface area contributed by atoms with Crippen molar-refractivity contribution < 1.29 is 9.13 Å². The molecule has 2 aromatic rings. The molecule has 3 heteroatoms. The molecule has 1 unspecified atom stereocenters. The molecule has 1 atom stereocenters. The predicted molar refractivity (Wildman–Crippen MR) is 97.9 cm³/mol. The first-order chi connectivity index (χ1) is 11.6. The fraction of sp³-hybridized carbons (Fsp3) is 0.429. The van der Waals surface area contributed by atoms with E-state index in [4.69, 9.17) is 4.74 Å². The molecular weight excluding hydrogens is 301 g/mol. The van der Waals surface area contributed by atoms with Gasteiger partial charge in [-0.25, -0.2) is 4.39 Å². The average molecular weight is 329 g/mol. The summed E-state index contributed by atoms with van der Waals surface area (Å²) in [5, 5.41) is 3.49. The topological polar surface area (TPSA) is 21.3 Å². The Hall–Kier alpha value is -1.71. The van der Waals surface area contributed by atoms with E-state index in [1.165, 1.54) is 22.8 Å². The van der Waals surface area contributed by atoms with E-state index < -0.39 is 0 Å². The van der Waals surface area contributed by atoms with E-state index >= 15 is 0 Å². The summed E-state index contributed by atoms with van der Waals surface area (Å²) in [5.41, 5.74) is 4.52. The van der Waals surface area contributed by atoms with Crippen molar-refractivity contribution >= 4 is 0 Å². The summed E-state index contributed by atoms with van der Waals surface area (Å²) < 4.78 is 19.6. The number of aryl methyl sites for hydroxylation is 2. The van der Waals surface area contributed by atoms with Crippen molar-refractivity contribution in [2.24, 2.45) is 0 Å². The van der Waals surface area contributed by atoms with Crippen LogP contribution in [-0.2, 0) is 11.3 Å². The molecule has 0 spiro atoms. The molecule has 0 amide bonds. The lowest BCUT2D eigenvalue weighted by atomic mass is 9.91. The molecular formula is C21H28FNO. The Labute approximate surface area is 145 Å². The first-order valence-corrected chi connectivity index (χ1v) is 8.71. The minimum atomic E-state index is -0.203. The van der Waals surface area contributed by atoms with Crippen LogP contribution in [-0.4, -0.2) is 19.7 Å². The number of rotatable bonds is 9. The molecule has 2 aromatic carbocycles.